The van der Waals surface area contributed by atoms with Gasteiger partial charge in [-0.2, -0.15) is 0 Å². The molecule has 1 saturated carbocycles. The topological polar surface area (TPSA) is 63.2 Å². The Morgan fingerprint density at radius 2 is 2.14 bits per heavy atom. The lowest BCUT2D eigenvalue weighted by Gasteiger charge is -2.35. The van der Waals surface area contributed by atoms with Gasteiger partial charge >= 0.3 is 0 Å². The van der Waals surface area contributed by atoms with Gasteiger partial charge in [0.25, 0.3) is 15.0 Å². The first-order valence-electron chi connectivity index (χ1n) is 6.94. The van der Waals surface area contributed by atoms with E-state index in [9.17, 15) is 13.2 Å². The molecule has 0 radical (unpaired) electrons. The van der Waals surface area contributed by atoms with Gasteiger partial charge in [-0.15, -0.1) is 11.3 Å². The van der Waals surface area contributed by atoms with E-state index in [0.29, 0.717) is 9.75 Å². The molecule has 1 N–H and O–H groups in total. The third kappa shape index (κ3) is 4.20. The number of halogens is 1. The zero-order chi connectivity index (χ0) is 15.8. The van der Waals surface area contributed by atoms with Crippen LogP contribution in [-0.2, 0) is 9.05 Å². The van der Waals surface area contributed by atoms with Crippen LogP contribution in [0, 0.1) is 12.3 Å². The van der Waals surface area contributed by atoms with Gasteiger partial charge in [0.05, 0.1) is 9.77 Å². The summed E-state index contributed by atoms with van der Waals surface area (Å²) < 4.78 is 22.8. The van der Waals surface area contributed by atoms with Gasteiger partial charge in [0.1, 0.15) is 0 Å². The lowest BCUT2D eigenvalue weighted by atomic mass is 9.75. The molecule has 1 aliphatic rings. The summed E-state index contributed by atoms with van der Waals surface area (Å²) in [6.45, 7) is 6.07. The molecule has 0 saturated heterocycles. The number of thiophene rings is 1. The average molecular weight is 350 g/mol. The van der Waals surface area contributed by atoms with Crippen molar-refractivity contribution in [3.63, 3.8) is 0 Å². The van der Waals surface area contributed by atoms with Gasteiger partial charge in [-0.05, 0) is 37.7 Å². The van der Waals surface area contributed by atoms with Gasteiger partial charge in [0.15, 0.2) is 0 Å². The fourth-order valence-electron chi connectivity index (χ4n) is 2.90. The van der Waals surface area contributed by atoms with E-state index < -0.39 is 9.05 Å². The quantitative estimate of drug-likeness (QED) is 0.846. The Bertz CT molecular complexity index is 649. The van der Waals surface area contributed by atoms with Crippen LogP contribution in [0.1, 0.15) is 54.1 Å². The number of carbonyl (C=O) groups excluding carboxylic acids is 1. The highest BCUT2D eigenvalue weighted by molar-refractivity contribution is 8.13. The summed E-state index contributed by atoms with van der Waals surface area (Å²) in [6, 6.07) is 1.52. The maximum Gasteiger partial charge on any atom is 0.262 e. The molecule has 7 heteroatoms. The molecule has 0 aromatic carbocycles. The van der Waals surface area contributed by atoms with Crippen molar-refractivity contribution in [1.29, 1.82) is 0 Å². The van der Waals surface area contributed by atoms with E-state index in [4.69, 9.17) is 10.7 Å². The zero-order valence-electron chi connectivity index (χ0n) is 12.4. The van der Waals surface area contributed by atoms with Crippen LogP contribution in [0.2, 0.25) is 0 Å². The minimum absolute atomic E-state index is 0.0308. The largest absolute Gasteiger partial charge is 0.349 e. The lowest BCUT2D eigenvalue weighted by Crippen LogP contribution is -2.40. The Morgan fingerprint density at radius 3 is 2.67 bits per heavy atom. The molecule has 0 bridgehead atoms. The summed E-state index contributed by atoms with van der Waals surface area (Å²) in [7, 11) is 1.56. The van der Waals surface area contributed by atoms with Crippen LogP contribution < -0.4 is 5.32 Å². The van der Waals surface area contributed by atoms with E-state index >= 15 is 0 Å². The minimum atomic E-state index is -3.80. The summed E-state index contributed by atoms with van der Waals surface area (Å²) >= 11 is 1.16. The van der Waals surface area contributed by atoms with Crippen molar-refractivity contribution >= 4 is 37.0 Å². The SMILES string of the molecule is Cc1sc(C(=O)NC2CCCC(C)(C)C2)cc1S(=O)(=O)Cl. The van der Waals surface area contributed by atoms with Gasteiger partial charge in [0.2, 0.25) is 0 Å². The number of hydrogen-bond acceptors (Lipinski definition) is 4. The monoisotopic (exact) mass is 349 g/mol. The maximum atomic E-state index is 12.3. The highest BCUT2D eigenvalue weighted by atomic mass is 35.7. The molecule has 1 heterocycles. The summed E-state index contributed by atoms with van der Waals surface area (Å²) in [5.74, 6) is -0.211. The molecule has 1 atom stereocenters. The Hall–Kier alpha value is -0.590. The Balaban J connectivity index is 2.11. The van der Waals surface area contributed by atoms with Crippen LogP contribution in [0.5, 0.6) is 0 Å². The van der Waals surface area contributed by atoms with Crippen LogP contribution >= 0.6 is 22.0 Å². The Kier molecular flexibility index (Phi) is 4.71. The first kappa shape index (κ1) is 16.8. The van der Waals surface area contributed by atoms with Crippen LogP contribution in [-0.4, -0.2) is 20.4 Å². The molecular formula is C14H20ClNO3S2. The van der Waals surface area contributed by atoms with E-state index in [1.165, 1.54) is 12.5 Å². The first-order valence-corrected chi connectivity index (χ1v) is 10.1. The fourth-order valence-corrected chi connectivity index (χ4v) is 5.46. The van der Waals surface area contributed by atoms with E-state index in [1.54, 1.807) is 6.92 Å². The number of aryl methyl sites for hydroxylation is 1. The molecule has 1 unspecified atom stereocenters. The molecule has 0 aliphatic heterocycles. The second kappa shape index (κ2) is 5.89. The van der Waals surface area contributed by atoms with Crippen molar-refractivity contribution in [2.24, 2.45) is 5.41 Å². The predicted octanol–water partition coefficient (Wildman–Crippen LogP) is 3.68. The van der Waals surface area contributed by atoms with Crippen molar-refractivity contribution in [2.45, 2.75) is 57.4 Å². The fraction of sp³-hybridized carbons (Fsp3) is 0.643. The average Bonchev–Trinajstić information content (AvgIpc) is 2.69. The highest BCUT2D eigenvalue weighted by Gasteiger charge is 2.29. The van der Waals surface area contributed by atoms with Gasteiger partial charge in [-0.25, -0.2) is 8.42 Å². The maximum absolute atomic E-state index is 12.3. The van der Waals surface area contributed by atoms with Crippen LogP contribution in [0.3, 0.4) is 0 Å². The predicted molar refractivity (Wildman–Crippen MR) is 85.6 cm³/mol. The molecule has 2 rings (SSSR count). The van der Waals surface area contributed by atoms with Crippen molar-refractivity contribution in [3.05, 3.63) is 15.8 Å². The van der Waals surface area contributed by atoms with E-state index in [1.807, 2.05) is 0 Å². The van der Waals surface area contributed by atoms with Crippen molar-refractivity contribution in [2.75, 3.05) is 0 Å². The van der Waals surface area contributed by atoms with E-state index in [0.717, 1.165) is 30.6 Å². The van der Waals surface area contributed by atoms with Gasteiger partial charge < -0.3 is 5.32 Å². The molecule has 1 fully saturated rings. The van der Waals surface area contributed by atoms with Gasteiger partial charge in [0, 0.05) is 21.6 Å². The third-order valence-corrected chi connectivity index (χ3v) is 6.53. The van der Waals surface area contributed by atoms with E-state index in [-0.39, 0.29) is 22.3 Å². The highest BCUT2D eigenvalue weighted by Crippen LogP contribution is 2.35. The van der Waals surface area contributed by atoms with E-state index in [2.05, 4.69) is 19.2 Å². The summed E-state index contributed by atoms with van der Waals surface area (Å²) in [5.41, 5.74) is 0.242. The molecule has 1 amide bonds. The van der Waals surface area contributed by atoms with Gasteiger partial charge in [-0.1, -0.05) is 20.3 Å². The Labute approximate surface area is 134 Å². The molecule has 0 spiro atoms. The summed E-state index contributed by atoms with van der Waals surface area (Å²) in [4.78, 5) is 13.2. The van der Waals surface area contributed by atoms with Crippen molar-refractivity contribution in [3.8, 4) is 0 Å². The summed E-state index contributed by atoms with van der Waals surface area (Å²) in [5, 5.41) is 3.02. The normalized spacial score (nSPS) is 22.0. The number of carbonyl (C=O) groups is 1. The number of rotatable bonds is 3. The van der Waals surface area contributed by atoms with Crippen LogP contribution in [0.15, 0.2) is 11.0 Å². The molecule has 118 valence electrons. The first-order chi connectivity index (χ1) is 9.58. The molecule has 1 aliphatic carbocycles. The van der Waals surface area contributed by atoms with Crippen molar-refractivity contribution < 1.29 is 13.2 Å². The number of amides is 1. The smallest absolute Gasteiger partial charge is 0.262 e. The number of hydrogen-bond donors (Lipinski definition) is 1. The number of nitrogens with one attached hydrogen (secondary N) is 1. The standard InChI is InChI=1S/C14H20ClNO3S2/c1-9-12(21(15,18)19)7-11(20-9)13(17)16-10-5-4-6-14(2,3)8-10/h7,10H,4-6,8H2,1-3H3,(H,16,17). The molecule has 4 nitrogen and oxygen atoms in total. The van der Waals surface area contributed by atoms with Gasteiger partial charge in [-0.3, -0.25) is 4.79 Å². The zero-order valence-corrected chi connectivity index (χ0v) is 14.8. The second-order valence-corrected chi connectivity index (χ2v) is 10.2. The minimum Gasteiger partial charge on any atom is -0.349 e. The molecule has 1 aromatic rings. The van der Waals surface area contributed by atoms with Crippen molar-refractivity contribution in [1.82, 2.24) is 5.32 Å². The lowest BCUT2D eigenvalue weighted by molar-refractivity contribution is 0.0906. The molecule has 21 heavy (non-hydrogen) atoms. The molecular weight excluding hydrogens is 330 g/mol. The van der Waals surface area contributed by atoms with Crippen LogP contribution in [0.4, 0.5) is 0 Å². The van der Waals surface area contributed by atoms with Crippen LogP contribution in [0.25, 0.3) is 0 Å². The third-order valence-electron chi connectivity index (χ3n) is 3.90. The summed E-state index contributed by atoms with van der Waals surface area (Å²) in [6.07, 6.45) is 4.19. The Morgan fingerprint density at radius 1 is 1.48 bits per heavy atom. The molecule has 1 aromatic heterocycles. The second-order valence-electron chi connectivity index (χ2n) is 6.40.